The Balaban J connectivity index is 2.35. The van der Waals surface area contributed by atoms with E-state index in [4.69, 9.17) is 0 Å². The molecule has 2 N–H and O–H groups in total. The third-order valence-corrected chi connectivity index (χ3v) is 2.54. The summed E-state index contributed by atoms with van der Waals surface area (Å²) in [5.41, 5.74) is -1.02. The minimum atomic E-state index is -1.43. The Morgan fingerprint density at radius 2 is 1.90 bits per heavy atom. The number of aromatic nitrogens is 1. The zero-order chi connectivity index (χ0) is 14.9. The molecule has 2 aromatic rings. The maximum Gasteiger partial charge on any atom is 0.261 e. The average molecular weight is 282 g/mol. The normalized spacial score (nSPS) is 10.4. The molecule has 7 heteroatoms. The van der Waals surface area contributed by atoms with Crippen LogP contribution in [0.25, 0.3) is 0 Å². The number of nitrogens with one attached hydrogen (secondary N) is 2. The highest BCUT2D eigenvalue weighted by atomic mass is 19.2. The maximum atomic E-state index is 13.4. The summed E-state index contributed by atoms with van der Waals surface area (Å²) in [5, 5.41) is 1.95. The van der Waals surface area contributed by atoms with Gasteiger partial charge in [0.05, 0.1) is 5.69 Å². The number of carbonyl (C=O) groups excluding carboxylic acids is 1. The molecule has 0 bridgehead atoms. The maximum absolute atomic E-state index is 13.4. The molecular weight excluding hydrogens is 273 g/mol. The van der Waals surface area contributed by atoms with Crippen molar-refractivity contribution in [2.45, 2.75) is 6.92 Å². The largest absolute Gasteiger partial charge is 0.364 e. The van der Waals surface area contributed by atoms with Crippen molar-refractivity contribution in [1.29, 1.82) is 0 Å². The van der Waals surface area contributed by atoms with Crippen LogP contribution in [0.15, 0.2) is 29.2 Å². The Kier molecular flexibility index (Phi) is 3.60. The van der Waals surface area contributed by atoms with Crippen LogP contribution < -0.4 is 10.7 Å². The van der Waals surface area contributed by atoms with Crippen molar-refractivity contribution < 1.29 is 18.0 Å². The highest BCUT2D eigenvalue weighted by Crippen LogP contribution is 2.19. The first-order valence-electron chi connectivity index (χ1n) is 5.53. The minimum Gasteiger partial charge on any atom is -0.364 e. The van der Waals surface area contributed by atoms with Gasteiger partial charge in [0.25, 0.3) is 5.91 Å². The van der Waals surface area contributed by atoms with Crippen LogP contribution in [0.4, 0.5) is 18.9 Å². The Morgan fingerprint density at radius 3 is 2.55 bits per heavy atom. The number of aromatic amines is 1. The van der Waals surface area contributed by atoms with Crippen molar-refractivity contribution in [1.82, 2.24) is 4.98 Å². The molecule has 20 heavy (non-hydrogen) atoms. The van der Waals surface area contributed by atoms with Gasteiger partial charge >= 0.3 is 0 Å². The summed E-state index contributed by atoms with van der Waals surface area (Å²) in [4.78, 5) is 26.0. The van der Waals surface area contributed by atoms with Crippen LogP contribution in [0.1, 0.15) is 16.1 Å². The third kappa shape index (κ3) is 2.71. The lowest BCUT2D eigenvalue weighted by atomic mass is 10.2. The Labute approximate surface area is 111 Å². The molecular formula is C13H9F3N2O2. The first kappa shape index (κ1) is 13.9. The predicted octanol–water partition coefficient (Wildman–Crippen LogP) is 2.35. The van der Waals surface area contributed by atoms with Gasteiger partial charge in [-0.1, -0.05) is 0 Å². The molecule has 4 nitrogen and oxygen atoms in total. The Bertz CT molecular complexity index is 741. The second kappa shape index (κ2) is 5.20. The summed E-state index contributed by atoms with van der Waals surface area (Å²) < 4.78 is 39.3. The fourth-order valence-electron chi connectivity index (χ4n) is 1.59. The van der Waals surface area contributed by atoms with Gasteiger partial charge in [0, 0.05) is 30.1 Å². The van der Waals surface area contributed by atoms with Gasteiger partial charge in [0.1, 0.15) is 11.4 Å². The zero-order valence-corrected chi connectivity index (χ0v) is 10.3. The molecule has 1 amide bonds. The quantitative estimate of drug-likeness (QED) is 0.831. The summed E-state index contributed by atoms with van der Waals surface area (Å²) in [5.74, 6) is -4.84. The second-order valence-corrected chi connectivity index (χ2v) is 4.10. The molecule has 1 aromatic carbocycles. The number of benzene rings is 1. The Hall–Kier alpha value is -2.57. The molecule has 0 fully saturated rings. The number of amides is 1. The lowest BCUT2D eigenvalue weighted by Gasteiger charge is -2.07. The highest BCUT2D eigenvalue weighted by molar-refractivity contribution is 6.04. The minimum absolute atomic E-state index is 0.292. The van der Waals surface area contributed by atoms with Gasteiger partial charge in [0.2, 0.25) is 0 Å². The van der Waals surface area contributed by atoms with E-state index in [-0.39, 0.29) is 5.56 Å². The van der Waals surface area contributed by atoms with Crippen molar-refractivity contribution in [3.63, 3.8) is 0 Å². The number of anilines is 1. The van der Waals surface area contributed by atoms with Gasteiger partial charge in [-0.25, -0.2) is 13.2 Å². The molecule has 0 aliphatic heterocycles. The standard InChI is InChI=1S/C13H9F3N2O2/c1-6-2-11(19)8(5-17-6)13(20)18-10-4-7(14)3-9(15)12(10)16/h2-5H,1H3,(H,17,19)(H,18,20). The van der Waals surface area contributed by atoms with Crippen LogP contribution in [0.3, 0.4) is 0 Å². The number of H-pyrrole nitrogens is 1. The summed E-state index contributed by atoms with van der Waals surface area (Å²) in [6.45, 7) is 1.62. The zero-order valence-electron chi connectivity index (χ0n) is 10.3. The predicted molar refractivity (Wildman–Crippen MR) is 66.1 cm³/mol. The van der Waals surface area contributed by atoms with E-state index >= 15 is 0 Å². The average Bonchev–Trinajstić information content (AvgIpc) is 2.35. The molecule has 0 aliphatic rings. The molecule has 1 heterocycles. The van der Waals surface area contributed by atoms with Crippen molar-refractivity contribution in [3.8, 4) is 0 Å². The fourth-order valence-corrected chi connectivity index (χ4v) is 1.59. The van der Waals surface area contributed by atoms with Crippen LogP contribution in [-0.2, 0) is 0 Å². The molecule has 0 radical (unpaired) electrons. The molecule has 0 saturated carbocycles. The molecule has 104 valence electrons. The van der Waals surface area contributed by atoms with E-state index < -0.39 is 34.5 Å². The van der Waals surface area contributed by atoms with Crippen LogP contribution in [0.5, 0.6) is 0 Å². The van der Waals surface area contributed by atoms with Crippen LogP contribution in [0.2, 0.25) is 0 Å². The number of rotatable bonds is 2. The number of pyridine rings is 1. The Morgan fingerprint density at radius 1 is 1.20 bits per heavy atom. The van der Waals surface area contributed by atoms with E-state index in [0.717, 1.165) is 6.20 Å². The SMILES string of the molecule is Cc1cc(=O)c(C(=O)Nc2cc(F)cc(F)c2F)c[nH]1. The molecule has 1 aromatic heterocycles. The second-order valence-electron chi connectivity index (χ2n) is 4.10. The molecule has 0 unspecified atom stereocenters. The number of aryl methyl sites for hydroxylation is 1. The van der Waals surface area contributed by atoms with E-state index in [1.165, 1.54) is 6.07 Å². The van der Waals surface area contributed by atoms with Crippen molar-refractivity contribution in [2.24, 2.45) is 0 Å². The van der Waals surface area contributed by atoms with Gasteiger partial charge in [-0.15, -0.1) is 0 Å². The number of halogens is 3. The van der Waals surface area contributed by atoms with Crippen LogP contribution in [0, 0.1) is 24.4 Å². The van der Waals surface area contributed by atoms with Crippen LogP contribution in [-0.4, -0.2) is 10.9 Å². The first-order valence-corrected chi connectivity index (χ1v) is 5.53. The van der Waals surface area contributed by atoms with E-state index in [1.807, 2.05) is 5.32 Å². The van der Waals surface area contributed by atoms with Crippen molar-refractivity contribution in [3.05, 3.63) is 63.3 Å². The van der Waals surface area contributed by atoms with E-state index in [9.17, 15) is 22.8 Å². The summed E-state index contributed by atoms with van der Waals surface area (Å²) in [6, 6.07) is 2.15. The van der Waals surface area contributed by atoms with Gasteiger partial charge in [-0.3, -0.25) is 9.59 Å². The molecule has 2 rings (SSSR count). The van der Waals surface area contributed by atoms with E-state index in [1.54, 1.807) is 6.92 Å². The first-order chi connectivity index (χ1) is 9.38. The summed E-state index contributed by atoms with van der Waals surface area (Å²) in [7, 11) is 0. The third-order valence-electron chi connectivity index (χ3n) is 2.54. The van der Waals surface area contributed by atoms with Gasteiger partial charge in [-0.05, 0) is 6.92 Å². The van der Waals surface area contributed by atoms with E-state index in [2.05, 4.69) is 4.98 Å². The number of hydrogen-bond donors (Lipinski definition) is 2. The van der Waals surface area contributed by atoms with Crippen molar-refractivity contribution in [2.75, 3.05) is 5.32 Å². The molecule has 0 aliphatic carbocycles. The smallest absolute Gasteiger partial charge is 0.261 e. The van der Waals surface area contributed by atoms with Crippen molar-refractivity contribution >= 4 is 11.6 Å². The topological polar surface area (TPSA) is 62.0 Å². The van der Waals surface area contributed by atoms with Gasteiger partial charge in [-0.2, -0.15) is 0 Å². The summed E-state index contributed by atoms with van der Waals surface area (Å²) in [6.07, 6.45) is 1.14. The number of hydrogen-bond acceptors (Lipinski definition) is 2. The molecule has 0 spiro atoms. The van der Waals surface area contributed by atoms with Crippen LogP contribution >= 0.6 is 0 Å². The van der Waals surface area contributed by atoms with Gasteiger partial charge < -0.3 is 10.3 Å². The molecule has 0 atom stereocenters. The van der Waals surface area contributed by atoms with Gasteiger partial charge in [0.15, 0.2) is 17.1 Å². The fraction of sp³-hybridized carbons (Fsp3) is 0.0769. The lowest BCUT2D eigenvalue weighted by Crippen LogP contribution is -2.22. The summed E-state index contributed by atoms with van der Waals surface area (Å²) >= 11 is 0. The molecule has 0 saturated heterocycles. The monoisotopic (exact) mass is 282 g/mol. The number of carbonyl (C=O) groups is 1. The highest BCUT2D eigenvalue weighted by Gasteiger charge is 2.16. The lowest BCUT2D eigenvalue weighted by molar-refractivity contribution is 0.102. The van der Waals surface area contributed by atoms with E-state index in [0.29, 0.717) is 17.8 Å².